The van der Waals surface area contributed by atoms with Crippen molar-refractivity contribution in [2.75, 3.05) is 5.75 Å². The molecule has 0 spiro atoms. The van der Waals surface area contributed by atoms with Gasteiger partial charge in [-0.1, -0.05) is 0 Å². The van der Waals surface area contributed by atoms with Crippen molar-refractivity contribution < 1.29 is 17.2 Å². The SMILES string of the molecule is NS(=O)(=O)CC(F)F. The maximum absolute atomic E-state index is 11.1. The predicted octanol–water partition coefficient (Wildman–Crippen LogP) is -0.460. The zero-order valence-electron chi connectivity index (χ0n) is 3.84. The van der Waals surface area contributed by atoms with Gasteiger partial charge in [0.2, 0.25) is 10.0 Å². The second-order valence-electron chi connectivity index (χ2n) is 1.22. The largest absolute Gasteiger partial charge is 0.253 e. The Morgan fingerprint density at radius 1 is 1.50 bits per heavy atom. The molecule has 0 amide bonds. The normalized spacial score (nSPS) is 12.5. The fraction of sp³-hybridized carbons (Fsp3) is 1.00. The highest BCUT2D eigenvalue weighted by molar-refractivity contribution is 7.89. The average molecular weight is 145 g/mol. The van der Waals surface area contributed by atoms with E-state index < -0.39 is 22.2 Å². The van der Waals surface area contributed by atoms with Gasteiger partial charge < -0.3 is 0 Å². The Balaban J connectivity index is 3.75. The third kappa shape index (κ3) is 5.77. The Morgan fingerprint density at radius 2 is 1.88 bits per heavy atom. The predicted molar refractivity (Wildman–Crippen MR) is 24.0 cm³/mol. The molecule has 0 saturated heterocycles. The van der Waals surface area contributed by atoms with Crippen LogP contribution in [0.4, 0.5) is 8.78 Å². The number of primary sulfonamides is 1. The van der Waals surface area contributed by atoms with E-state index in [1.807, 2.05) is 0 Å². The van der Waals surface area contributed by atoms with E-state index in [2.05, 4.69) is 5.14 Å². The Hall–Kier alpha value is -0.230. The van der Waals surface area contributed by atoms with Gasteiger partial charge in [-0.25, -0.2) is 22.3 Å². The number of nitrogens with two attached hydrogens (primary N) is 1. The number of rotatable bonds is 2. The van der Waals surface area contributed by atoms with Crippen LogP contribution in [0.25, 0.3) is 0 Å². The molecule has 0 fully saturated rings. The van der Waals surface area contributed by atoms with E-state index >= 15 is 0 Å². The van der Waals surface area contributed by atoms with E-state index in [1.165, 1.54) is 0 Å². The van der Waals surface area contributed by atoms with Crippen molar-refractivity contribution in [3.05, 3.63) is 0 Å². The maximum atomic E-state index is 11.1. The van der Waals surface area contributed by atoms with Gasteiger partial charge in [0, 0.05) is 0 Å². The first-order chi connectivity index (χ1) is 3.42. The number of alkyl halides is 2. The Bertz CT molecular complexity index is 151. The first-order valence-corrected chi connectivity index (χ1v) is 3.42. The molecule has 8 heavy (non-hydrogen) atoms. The molecule has 0 aliphatic carbocycles. The number of hydrogen-bond donors (Lipinski definition) is 1. The lowest BCUT2D eigenvalue weighted by Crippen LogP contribution is -2.21. The van der Waals surface area contributed by atoms with Crippen LogP contribution in [-0.2, 0) is 10.0 Å². The molecule has 0 saturated carbocycles. The molecule has 0 rings (SSSR count). The quantitative estimate of drug-likeness (QED) is 0.571. The molecule has 0 heterocycles. The minimum Gasteiger partial charge on any atom is -0.229 e. The summed E-state index contributed by atoms with van der Waals surface area (Å²) in [5.74, 6) is -1.26. The van der Waals surface area contributed by atoms with Crippen LogP contribution in [-0.4, -0.2) is 20.6 Å². The molecule has 0 bridgehead atoms. The number of halogens is 2. The van der Waals surface area contributed by atoms with Crippen LogP contribution in [0.15, 0.2) is 0 Å². The van der Waals surface area contributed by atoms with Crippen molar-refractivity contribution in [3.8, 4) is 0 Å². The lowest BCUT2D eigenvalue weighted by molar-refractivity contribution is 0.174. The van der Waals surface area contributed by atoms with Gasteiger partial charge in [-0.3, -0.25) is 0 Å². The second-order valence-corrected chi connectivity index (χ2v) is 2.88. The summed E-state index contributed by atoms with van der Waals surface area (Å²) < 4.78 is 41.6. The van der Waals surface area contributed by atoms with Crippen LogP contribution in [0.5, 0.6) is 0 Å². The molecule has 0 aromatic carbocycles. The maximum Gasteiger partial charge on any atom is 0.253 e. The van der Waals surface area contributed by atoms with Gasteiger partial charge in [-0.15, -0.1) is 0 Å². The van der Waals surface area contributed by atoms with Crippen molar-refractivity contribution >= 4 is 10.0 Å². The van der Waals surface area contributed by atoms with E-state index in [1.54, 1.807) is 0 Å². The van der Waals surface area contributed by atoms with Crippen LogP contribution >= 0.6 is 0 Å². The molecule has 50 valence electrons. The summed E-state index contributed by atoms with van der Waals surface area (Å²) in [6.45, 7) is 0. The molecule has 0 radical (unpaired) electrons. The first-order valence-electron chi connectivity index (χ1n) is 1.70. The Labute approximate surface area is 45.5 Å². The smallest absolute Gasteiger partial charge is 0.229 e. The first kappa shape index (κ1) is 7.77. The lowest BCUT2D eigenvalue weighted by Gasteiger charge is -1.92. The third-order valence-electron chi connectivity index (χ3n) is 0.358. The highest BCUT2D eigenvalue weighted by Crippen LogP contribution is 1.93. The molecule has 0 aromatic rings. The zero-order valence-corrected chi connectivity index (χ0v) is 4.66. The van der Waals surface area contributed by atoms with Gasteiger partial charge in [0.05, 0.1) is 0 Å². The van der Waals surface area contributed by atoms with E-state index in [0.29, 0.717) is 0 Å². The fourth-order valence-electron chi connectivity index (χ4n) is 0.176. The lowest BCUT2D eigenvalue weighted by atomic mass is 10.9. The molecular weight excluding hydrogens is 140 g/mol. The van der Waals surface area contributed by atoms with Crippen molar-refractivity contribution in [1.29, 1.82) is 0 Å². The minimum atomic E-state index is -3.97. The number of hydrogen-bond acceptors (Lipinski definition) is 2. The van der Waals surface area contributed by atoms with Crippen molar-refractivity contribution in [3.63, 3.8) is 0 Å². The molecule has 6 heteroatoms. The van der Waals surface area contributed by atoms with Crippen LogP contribution in [0, 0.1) is 0 Å². The summed E-state index contributed by atoms with van der Waals surface area (Å²) in [6, 6.07) is 0. The average Bonchev–Trinajstić information content (AvgIpc) is 1.21. The Kier molecular flexibility index (Phi) is 2.29. The second kappa shape index (κ2) is 2.36. The molecule has 0 unspecified atom stereocenters. The van der Waals surface area contributed by atoms with Gasteiger partial charge in [0.25, 0.3) is 6.43 Å². The van der Waals surface area contributed by atoms with E-state index in [9.17, 15) is 17.2 Å². The Morgan fingerprint density at radius 3 is 1.88 bits per heavy atom. The zero-order chi connectivity index (χ0) is 6.78. The molecule has 3 nitrogen and oxygen atoms in total. The highest BCUT2D eigenvalue weighted by atomic mass is 32.2. The van der Waals surface area contributed by atoms with Gasteiger partial charge >= 0.3 is 0 Å². The summed E-state index contributed by atoms with van der Waals surface area (Å²) in [6.07, 6.45) is -2.87. The van der Waals surface area contributed by atoms with Gasteiger partial charge in [-0.2, -0.15) is 0 Å². The summed E-state index contributed by atoms with van der Waals surface area (Å²) in [5.41, 5.74) is 0. The third-order valence-corrected chi connectivity index (χ3v) is 1.07. The summed E-state index contributed by atoms with van der Waals surface area (Å²) in [7, 11) is -3.97. The molecular formula is C2H5F2NO2S. The summed E-state index contributed by atoms with van der Waals surface area (Å²) in [4.78, 5) is 0. The summed E-state index contributed by atoms with van der Waals surface area (Å²) >= 11 is 0. The van der Waals surface area contributed by atoms with Crippen molar-refractivity contribution in [2.24, 2.45) is 5.14 Å². The van der Waals surface area contributed by atoms with Crippen LogP contribution in [0.2, 0.25) is 0 Å². The van der Waals surface area contributed by atoms with Crippen LogP contribution < -0.4 is 5.14 Å². The fourth-order valence-corrected chi connectivity index (χ4v) is 0.527. The van der Waals surface area contributed by atoms with Gasteiger partial charge in [-0.05, 0) is 0 Å². The molecule has 0 aliphatic heterocycles. The van der Waals surface area contributed by atoms with Crippen LogP contribution in [0.1, 0.15) is 0 Å². The number of sulfonamides is 1. The monoisotopic (exact) mass is 145 g/mol. The molecule has 2 N–H and O–H groups in total. The minimum absolute atomic E-state index is 1.26. The topological polar surface area (TPSA) is 60.2 Å². The molecule has 0 atom stereocenters. The van der Waals surface area contributed by atoms with E-state index in [-0.39, 0.29) is 0 Å². The summed E-state index contributed by atoms with van der Waals surface area (Å²) in [5, 5.41) is 4.23. The highest BCUT2D eigenvalue weighted by Gasteiger charge is 2.11. The van der Waals surface area contributed by atoms with E-state index in [4.69, 9.17) is 0 Å². The van der Waals surface area contributed by atoms with Crippen molar-refractivity contribution in [1.82, 2.24) is 0 Å². The van der Waals surface area contributed by atoms with E-state index in [0.717, 1.165) is 0 Å². The van der Waals surface area contributed by atoms with Crippen molar-refractivity contribution in [2.45, 2.75) is 6.43 Å². The molecule has 0 aliphatic rings. The standard InChI is InChI=1S/C2H5F2NO2S/c3-2(4)1-8(5,6)7/h2H,1H2,(H2,5,6,7). The van der Waals surface area contributed by atoms with Crippen LogP contribution in [0.3, 0.4) is 0 Å². The van der Waals surface area contributed by atoms with Gasteiger partial charge in [0.1, 0.15) is 5.75 Å². The molecule has 0 aromatic heterocycles. The van der Waals surface area contributed by atoms with Gasteiger partial charge in [0.15, 0.2) is 0 Å².